The lowest BCUT2D eigenvalue weighted by Crippen LogP contribution is -2.49. The largest absolute Gasteiger partial charge is 0.471 e. The topological polar surface area (TPSA) is 173 Å². The number of aromatic nitrogens is 2. The Morgan fingerprint density at radius 1 is 0.600 bits per heavy atom. The van der Waals surface area contributed by atoms with Gasteiger partial charge in [-0.25, -0.2) is 0 Å². The first-order chi connectivity index (χ1) is 22.8. The van der Waals surface area contributed by atoms with Crippen molar-refractivity contribution in [3.63, 3.8) is 0 Å². The smallest absolute Gasteiger partial charge is 0.320 e. The molecule has 286 valence electrons. The van der Waals surface area contributed by atoms with Gasteiger partial charge in [-0.15, -0.1) is 0 Å². The van der Waals surface area contributed by atoms with Gasteiger partial charge in [0.2, 0.25) is 11.8 Å². The molecule has 0 saturated carbocycles. The van der Waals surface area contributed by atoms with Crippen molar-refractivity contribution in [2.45, 2.75) is 112 Å². The highest BCUT2D eigenvalue weighted by molar-refractivity contribution is 5.73. The number of carbonyl (C=O) groups excluding carboxylic acids is 3. The lowest BCUT2D eigenvalue weighted by Gasteiger charge is -2.34. The van der Waals surface area contributed by atoms with Crippen molar-refractivity contribution in [1.82, 2.24) is 29.6 Å². The molecule has 0 radical (unpaired) electrons. The molecule has 1 aromatic rings. The van der Waals surface area contributed by atoms with Crippen LogP contribution in [0.4, 0.5) is 5.95 Å². The van der Waals surface area contributed by atoms with Gasteiger partial charge in [0.05, 0.1) is 25.2 Å². The molecule has 2 rings (SSSR count). The summed E-state index contributed by atoms with van der Waals surface area (Å²) in [6.45, 7) is 25.9. The van der Waals surface area contributed by atoms with E-state index >= 15 is 0 Å². The van der Waals surface area contributed by atoms with E-state index in [4.69, 9.17) is 24.7 Å². The number of anilines is 1. The predicted molar refractivity (Wildman–Crippen MR) is 192 cm³/mol. The monoisotopic (exact) mass is 709 g/mol. The van der Waals surface area contributed by atoms with E-state index in [-0.39, 0.29) is 55.9 Å². The number of nitrogens with one attached hydrogen (secondary N) is 1. The van der Waals surface area contributed by atoms with Crippen LogP contribution < -0.4 is 16.0 Å². The maximum atomic E-state index is 13.2. The summed E-state index contributed by atoms with van der Waals surface area (Å²) in [7, 11) is 0. The van der Waals surface area contributed by atoms with E-state index in [1.54, 1.807) is 0 Å². The van der Waals surface area contributed by atoms with Gasteiger partial charge in [-0.2, -0.15) is 4.98 Å². The number of nitrogen functional groups attached to an aromatic ring is 1. The Hall–Kier alpha value is -3.27. The van der Waals surface area contributed by atoms with Gasteiger partial charge in [0, 0.05) is 58.9 Å². The lowest BCUT2D eigenvalue weighted by molar-refractivity contribution is -0.158. The minimum atomic E-state index is -0.650. The van der Waals surface area contributed by atoms with Crippen LogP contribution in [0.2, 0.25) is 0 Å². The highest BCUT2D eigenvalue weighted by atomic mass is 16.6. The van der Waals surface area contributed by atoms with Gasteiger partial charge < -0.3 is 24.7 Å². The van der Waals surface area contributed by atoms with Crippen molar-refractivity contribution in [3.05, 3.63) is 15.9 Å². The summed E-state index contributed by atoms with van der Waals surface area (Å²) in [6.07, 6.45) is 0. The molecule has 15 heteroatoms. The van der Waals surface area contributed by atoms with E-state index in [2.05, 4.69) is 14.9 Å². The third-order valence-electron chi connectivity index (χ3n) is 7.03. The molecule has 0 unspecified atom stereocenters. The quantitative estimate of drug-likeness (QED) is 0.282. The molecule has 1 aliphatic rings. The van der Waals surface area contributed by atoms with Gasteiger partial charge in [0.25, 0.3) is 5.56 Å². The lowest BCUT2D eigenvalue weighted by atomic mass is 10.2. The SMILES string of the molecule is CC(C)(C)OC(=O)CN1CCN(CC(=O)OC(C)(C)C)CCN(Cc2c(OC(C)(C)C)nc(N)[nH]c2=O)CCN(CC(=O)OC(C)(C)C)CC1. The van der Waals surface area contributed by atoms with Gasteiger partial charge in [0.15, 0.2) is 0 Å². The van der Waals surface area contributed by atoms with Gasteiger partial charge in [-0.3, -0.25) is 43.8 Å². The van der Waals surface area contributed by atoms with Crippen molar-refractivity contribution in [2.75, 3.05) is 77.7 Å². The minimum absolute atomic E-state index is 0.0402. The first-order valence-corrected chi connectivity index (χ1v) is 17.4. The Kier molecular flexibility index (Phi) is 15.3. The number of carbonyl (C=O) groups is 3. The maximum Gasteiger partial charge on any atom is 0.320 e. The Morgan fingerprint density at radius 3 is 1.22 bits per heavy atom. The van der Waals surface area contributed by atoms with Gasteiger partial charge in [0.1, 0.15) is 22.4 Å². The van der Waals surface area contributed by atoms with Crippen LogP contribution in [0.1, 0.15) is 88.6 Å². The molecule has 1 fully saturated rings. The average molecular weight is 710 g/mol. The molecule has 1 aromatic heterocycles. The van der Waals surface area contributed by atoms with Crippen LogP contribution in [0.25, 0.3) is 0 Å². The number of H-pyrrole nitrogens is 1. The summed E-state index contributed by atoms with van der Waals surface area (Å²) >= 11 is 0. The van der Waals surface area contributed by atoms with E-state index in [9.17, 15) is 19.2 Å². The second kappa shape index (κ2) is 17.8. The summed E-state index contributed by atoms with van der Waals surface area (Å²) in [5, 5.41) is 0. The summed E-state index contributed by atoms with van der Waals surface area (Å²) in [5.41, 5.74) is 3.23. The number of hydrogen-bond acceptors (Lipinski definition) is 14. The third kappa shape index (κ3) is 18.1. The number of esters is 3. The van der Waals surface area contributed by atoms with Crippen molar-refractivity contribution >= 4 is 23.9 Å². The molecule has 0 atom stereocenters. The van der Waals surface area contributed by atoms with Gasteiger partial charge in [-0.05, 0) is 83.1 Å². The molecular weight excluding hydrogens is 646 g/mol. The molecule has 50 heavy (non-hydrogen) atoms. The molecular formula is C35H63N7O8. The van der Waals surface area contributed by atoms with Crippen molar-refractivity contribution < 1.29 is 33.3 Å². The number of rotatable bonds is 9. The minimum Gasteiger partial charge on any atom is -0.471 e. The van der Waals surface area contributed by atoms with Crippen molar-refractivity contribution in [1.29, 1.82) is 0 Å². The van der Waals surface area contributed by atoms with Crippen LogP contribution in [0.15, 0.2) is 4.79 Å². The summed E-state index contributed by atoms with van der Waals surface area (Å²) < 4.78 is 23.0. The fourth-order valence-corrected chi connectivity index (χ4v) is 5.11. The third-order valence-corrected chi connectivity index (χ3v) is 7.03. The Labute approximate surface area is 298 Å². The van der Waals surface area contributed by atoms with E-state index < -0.39 is 28.0 Å². The summed E-state index contributed by atoms with van der Waals surface area (Å²) in [6, 6.07) is 0. The molecule has 3 N–H and O–H groups in total. The predicted octanol–water partition coefficient (Wildman–Crippen LogP) is 2.28. The molecule has 0 bridgehead atoms. The van der Waals surface area contributed by atoms with E-state index in [1.807, 2.05) is 97.8 Å². The van der Waals surface area contributed by atoms with Crippen molar-refractivity contribution in [3.8, 4) is 5.88 Å². The first-order valence-electron chi connectivity index (χ1n) is 17.4. The highest BCUT2D eigenvalue weighted by Gasteiger charge is 2.27. The zero-order chi connectivity index (χ0) is 38.1. The van der Waals surface area contributed by atoms with E-state index in [0.29, 0.717) is 57.9 Å². The van der Waals surface area contributed by atoms with Crippen LogP contribution in [-0.2, 0) is 35.1 Å². The second-order valence-electron chi connectivity index (χ2n) is 16.8. The van der Waals surface area contributed by atoms with Crippen LogP contribution in [0.3, 0.4) is 0 Å². The maximum absolute atomic E-state index is 13.2. The molecule has 0 aliphatic carbocycles. The molecule has 0 spiro atoms. The van der Waals surface area contributed by atoms with Crippen LogP contribution in [-0.4, -0.2) is 142 Å². The Bertz CT molecular complexity index is 1290. The Morgan fingerprint density at radius 2 is 0.920 bits per heavy atom. The molecule has 15 nitrogen and oxygen atoms in total. The van der Waals surface area contributed by atoms with Crippen LogP contribution >= 0.6 is 0 Å². The highest BCUT2D eigenvalue weighted by Crippen LogP contribution is 2.21. The standard InChI is InChI=1S/C35H63N7O8/c1-32(2,3)47-26(43)22-40-15-13-39(21-25-29(46)37-31(36)38-30(25)50-35(10,11)12)14-16-41(23-27(44)48-33(4,5)6)18-20-42(19-17-40)24-28(45)49-34(7,8)9/h13-24H2,1-12H3,(H3,36,37,38,46). The molecule has 0 aromatic carbocycles. The molecule has 1 saturated heterocycles. The number of aromatic amines is 1. The van der Waals surface area contributed by atoms with Crippen LogP contribution in [0, 0.1) is 0 Å². The average Bonchev–Trinajstić information content (AvgIpc) is 2.87. The fourth-order valence-electron chi connectivity index (χ4n) is 5.11. The number of hydrogen-bond donors (Lipinski definition) is 2. The van der Waals surface area contributed by atoms with Gasteiger partial charge >= 0.3 is 17.9 Å². The van der Waals surface area contributed by atoms with Gasteiger partial charge in [-0.1, -0.05) is 0 Å². The molecule has 0 amide bonds. The zero-order valence-electron chi connectivity index (χ0n) is 32.6. The van der Waals surface area contributed by atoms with E-state index in [0.717, 1.165) is 0 Å². The summed E-state index contributed by atoms with van der Waals surface area (Å²) in [4.78, 5) is 67.0. The second-order valence-corrected chi connectivity index (χ2v) is 16.8. The number of nitrogens with two attached hydrogens (primary N) is 1. The molecule has 1 aliphatic heterocycles. The number of ether oxygens (including phenoxy) is 4. The zero-order valence-corrected chi connectivity index (χ0v) is 32.6. The van der Waals surface area contributed by atoms with Crippen molar-refractivity contribution in [2.24, 2.45) is 0 Å². The summed E-state index contributed by atoms with van der Waals surface area (Å²) in [5.74, 6) is -0.978. The normalized spacial score (nSPS) is 17.4. The Balaban J connectivity index is 2.46. The fraction of sp³-hybridized carbons (Fsp3) is 0.800. The van der Waals surface area contributed by atoms with Crippen LogP contribution in [0.5, 0.6) is 5.88 Å². The van der Waals surface area contributed by atoms with E-state index in [1.165, 1.54) is 0 Å². The number of nitrogens with zero attached hydrogens (tertiary/aromatic N) is 5. The molecule has 2 heterocycles. The first kappa shape index (κ1) is 42.9.